The SMILES string of the molecule is COC(CNCc1ccc(C2CC2)cc1)OC. The summed E-state index contributed by atoms with van der Waals surface area (Å²) in [7, 11) is 3.31. The molecule has 3 nitrogen and oxygen atoms in total. The van der Waals surface area contributed by atoms with Gasteiger partial charge in [-0.3, -0.25) is 0 Å². The minimum Gasteiger partial charge on any atom is -0.355 e. The Morgan fingerprint density at radius 1 is 1.18 bits per heavy atom. The van der Waals surface area contributed by atoms with Gasteiger partial charge in [-0.2, -0.15) is 0 Å². The number of hydrogen-bond acceptors (Lipinski definition) is 3. The Kier molecular flexibility index (Phi) is 4.54. The topological polar surface area (TPSA) is 30.5 Å². The van der Waals surface area contributed by atoms with Crippen LogP contribution in [0.4, 0.5) is 0 Å². The zero-order valence-corrected chi connectivity index (χ0v) is 10.6. The smallest absolute Gasteiger partial charge is 0.169 e. The summed E-state index contributed by atoms with van der Waals surface area (Å²) in [4.78, 5) is 0. The van der Waals surface area contributed by atoms with Gasteiger partial charge in [-0.25, -0.2) is 0 Å². The second-order valence-corrected chi connectivity index (χ2v) is 4.55. The molecule has 2 rings (SSSR count). The molecule has 0 spiro atoms. The zero-order valence-electron chi connectivity index (χ0n) is 10.6. The van der Waals surface area contributed by atoms with Crippen molar-refractivity contribution < 1.29 is 9.47 Å². The molecule has 0 aliphatic heterocycles. The first-order chi connectivity index (χ1) is 8.33. The van der Waals surface area contributed by atoms with Crippen LogP contribution in [-0.4, -0.2) is 27.1 Å². The van der Waals surface area contributed by atoms with Gasteiger partial charge in [0.15, 0.2) is 6.29 Å². The first-order valence-corrected chi connectivity index (χ1v) is 6.18. The average molecular weight is 235 g/mol. The molecule has 0 radical (unpaired) electrons. The average Bonchev–Trinajstić information content (AvgIpc) is 3.20. The van der Waals surface area contributed by atoms with Gasteiger partial charge in [0.1, 0.15) is 0 Å². The Morgan fingerprint density at radius 2 is 1.82 bits per heavy atom. The van der Waals surface area contributed by atoms with Crippen LogP contribution in [-0.2, 0) is 16.0 Å². The molecule has 17 heavy (non-hydrogen) atoms. The van der Waals surface area contributed by atoms with E-state index in [9.17, 15) is 0 Å². The van der Waals surface area contributed by atoms with E-state index in [1.165, 1.54) is 24.0 Å². The van der Waals surface area contributed by atoms with Crippen LogP contribution in [0.15, 0.2) is 24.3 Å². The molecular formula is C14H21NO2. The molecule has 1 fully saturated rings. The molecule has 1 aliphatic rings. The van der Waals surface area contributed by atoms with Crippen molar-refractivity contribution in [3.05, 3.63) is 35.4 Å². The summed E-state index contributed by atoms with van der Waals surface area (Å²) in [5.41, 5.74) is 2.79. The molecule has 0 saturated heterocycles. The lowest BCUT2D eigenvalue weighted by Crippen LogP contribution is -2.29. The first kappa shape index (κ1) is 12.6. The van der Waals surface area contributed by atoms with E-state index in [4.69, 9.17) is 9.47 Å². The lowest BCUT2D eigenvalue weighted by molar-refractivity contribution is -0.0989. The lowest BCUT2D eigenvalue weighted by Gasteiger charge is -2.14. The third-order valence-electron chi connectivity index (χ3n) is 3.19. The molecule has 1 aromatic carbocycles. The van der Waals surface area contributed by atoms with E-state index >= 15 is 0 Å². The molecule has 0 aromatic heterocycles. The Labute approximate surface area is 103 Å². The predicted octanol–water partition coefficient (Wildman–Crippen LogP) is 2.27. The molecule has 0 bridgehead atoms. The highest BCUT2D eigenvalue weighted by molar-refractivity contribution is 5.27. The quantitative estimate of drug-likeness (QED) is 0.735. The van der Waals surface area contributed by atoms with Crippen molar-refractivity contribution in [2.24, 2.45) is 0 Å². The van der Waals surface area contributed by atoms with Crippen LogP contribution in [0.25, 0.3) is 0 Å². The van der Waals surface area contributed by atoms with Crippen molar-refractivity contribution in [1.82, 2.24) is 5.32 Å². The first-order valence-electron chi connectivity index (χ1n) is 6.18. The Bertz CT molecular complexity index is 329. The van der Waals surface area contributed by atoms with Crippen LogP contribution in [0.5, 0.6) is 0 Å². The van der Waals surface area contributed by atoms with Crippen LogP contribution in [0.2, 0.25) is 0 Å². The van der Waals surface area contributed by atoms with Gasteiger partial charge in [-0.1, -0.05) is 24.3 Å². The van der Waals surface area contributed by atoms with E-state index in [1.54, 1.807) is 14.2 Å². The number of nitrogens with one attached hydrogen (secondary N) is 1. The summed E-state index contributed by atoms with van der Waals surface area (Å²) in [5, 5.41) is 3.32. The van der Waals surface area contributed by atoms with Crippen LogP contribution in [0.3, 0.4) is 0 Å². The van der Waals surface area contributed by atoms with Crippen LogP contribution in [0, 0.1) is 0 Å². The summed E-state index contributed by atoms with van der Waals surface area (Å²) in [6.07, 6.45) is 2.56. The predicted molar refractivity (Wildman–Crippen MR) is 67.9 cm³/mol. The molecule has 94 valence electrons. The summed E-state index contributed by atoms with van der Waals surface area (Å²) in [5.74, 6) is 0.836. The fourth-order valence-electron chi connectivity index (χ4n) is 1.92. The standard InChI is InChI=1S/C14H21NO2/c1-16-14(17-2)10-15-9-11-3-5-12(6-4-11)13-7-8-13/h3-6,13-15H,7-10H2,1-2H3. The van der Waals surface area contributed by atoms with E-state index in [0.29, 0.717) is 6.54 Å². The van der Waals surface area contributed by atoms with Crippen molar-refractivity contribution in [3.63, 3.8) is 0 Å². The number of benzene rings is 1. The molecule has 1 N–H and O–H groups in total. The van der Waals surface area contributed by atoms with Crippen molar-refractivity contribution in [2.75, 3.05) is 20.8 Å². The van der Waals surface area contributed by atoms with E-state index in [0.717, 1.165) is 12.5 Å². The Hall–Kier alpha value is -0.900. The maximum atomic E-state index is 5.11. The molecule has 0 heterocycles. The minimum atomic E-state index is -0.166. The highest BCUT2D eigenvalue weighted by atomic mass is 16.7. The van der Waals surface area contributed by atoms with Crippen molar-refractivity contribution in [2.45, 2.75) is 31.6 Å². The molecule has 0 amide bonds. The van der Waals surface area contributed by atoms with Crippen molar-refractivity contribution in [3.8, 4) is 0 Å². The van der Waals surface area contributed by atoms with Gasteiger partial charge in [0.25, 0.3) is 0 Å². The monoisotopic (exact) mass is 235 g/mol. The largest absolute Gasteiger partial charge is 0.355 e. The highest BCUT2D eigenvalue weighted by Gasteiger charge is 2.22. The van der Waals surface area contributed by atoms with Crippen molar-refractivity contribution >= 4 is 0 Å². The Morgan fingerprint density at radius 3 is 2.35 bits per heavy atom. The fraction of sp³-hybridized carbons (Fsp3) is 0.571. The third-order valence-corrected chi connectivity index (χ3v) is 3.19. The van der Waals surface area contributed by atoms with Gasteiger partial charge in [0.05, 0.1) is 0 Å². The van der Waals surface area contributed by atoms with Crippen molar-refractivity contribution in [1.29, 1.82) is 0 Å². The number of methoxy groups -OCH3 is 2. The number of hydrogen-bond donors (Lipinski definition) is 1. The number of rotatable bonds is 7. The van der Waals surface area contributed by atoms with Crippen LogP contribution < -0.4 is 5.32 Å². The van der Waals surface area contributed by atoms with Gasteiger partial charge in [-0.15, -0.1) is 0 Å². The summed E-state index contributed by atoms with van der Waals surface area (Å²) in [6, 6.07) is 8.90. The minimum absolute atomic E-state index is 0.166. The van der Waals surface area contributed by atoms with E-state index < -0.39 is 0 Å². The molecule has 3 heteroatoms. The maximum Gasteiger partial charge on any atom is 0.169 e. The van der Waals surface area contributed by atoms with Gasteiger partial charge in [0, 0.05) is 27.3 Å². The van der Waals surface area contributed by atoms with Crippen LogP contribution in [0.1, 0.15) is 29.9 Å². The van der Waals surface area contributed by atoms with Gasteiger partial charge in [0.2, 0.25) is 0 Å². The second-order valence-electron chi connectivity index (χ2n) is 4.55. The molecule has 0 unspecified atom stereocenters. The molecule has 1 aliphatic carbocycles. The summed E-state index contributed by atoms with van der Waals surface area (Å²) in [6.45, 7) is 1.56. The molecule has 1 saturated carbocycles. The van der Waals surface area contributed by atoms with Gasteiger partial charge >= 0.3 is 0 Å². The normalized spacial score (nSPS) is 15.5. The highest BCUT2D eigenvalue weighted by Crippen LogP contribution is 2.39. The molecular weight excluding hydrogens is 214 g/mol. The van der Waals surface area contributed by atoms with Gasteiger partial charge < -0.3 is 14.8 Å². The summed E-state index contributed by atoms with van der Waals surface area (Å²) >= 11 is 0. The number of ether oxygens (including phenoxy) is 2. The third kappa shape index (κ3) is 3.80. The Balaban J connectivity index is 1.74. The van der Waals surface area contributed by atoms with E-state index in [1.807, 2.05) is 0 Å². The second kappa shape index (κ2) is 6.15. The van der Waals surface area contributed by atoms with Gasteiger partial charge in [-0.05, 0) is 29.9 Å². The molecule has 1 aromatic rings. The van der Waals surface area contributed by atoms with E-state index in [-0.39, 0.29) is 6.29 Å². The summed E-state index contributed by atoms with van der Waals surface area (Å²) < 4.78 is 10.2. The molecule has 0 atom stereocenters. The fourth-order valence-corrected chi connectivity index (χ4v) is 1.92. The zero-order chi connectivity index (χ0) is 12.1. The lowest BCUT2D eigenvalue weighted by atomic mass is 10.1. The van der Waals surface area contributed by atoms with E-state index in [2.05, 4.69) is 29.6 Å². The maximum absolute atomic E-state index is 5.11. The van der Waals surface area contributed by atoms with Crippen LogP contribution >= 0.6 is 0 Å².